The van der Waals surface area contributed by atoms with Gasteiger partial charge in [0, 0.05) is 16.3 Å². The summed E-state index contributed by atoms with van der Waals surface area (Å²) in [6.45, 7) is 6.39. The van der Waals surface area contributed by atoms with Crippen LogP contribution in [0.3, 0.4) is 0 Å². The van der Waals surface area contributed by atoms with Gasteiger partial charge in [0.15, 0.2) is 0 Å². The first-order valence-electron chi connectivity index (χ1n) is 6.13. The zero-order valence-corrected chi connectivity index (χ0v) is 11.6. The summed E-state index contributed by atoms with van der Waals surface area (Å²) in [5.41, 5.74) is 7.90. The number of ether oxygens (including phenoxy) is 1. The second-order valence-electron chi connectivity index (χ2n) is 5.37. The van der Waals surface area contributed by atoms with Crippen LogP contribution >= 0.6 is 11.8 Å². The van der Waals surface area contributed by atoms with E-state index in [1.807, 2.05) is 17.8 Å². The Morgan fingerprint density at radius 1 is 1.47 bits per heavy atom. The second kappa shape index (κ2) is 4.91. The van der Waals surface area contributed by atoms with E-state index in [2.05, 4.69) is 32.9 Å². The number of hydrogen-bond acceptors (Lipinski definition) is 3. The highest BCUT2D eigenvalue weighted by Crippen LogP contribution is 2.33. The number of benzene rings is 1. The molecule has 0 spiro atoms. The number of nitrogen functional groups attached to an aromatic ring is 1. The van der Waals surface area contributed by atoms with Crippen LogP contribution in [0.4, 0.5) is 5.69 Å². The molecule has 1 aliphatic heterocycles. The highest BCUT2D eigenvalue weighted by Gasteiger charge is 2.31. The molecule has 2 nitrogen and oxygen atoms in total. The predicted octanol–water partition coefficient (Wildman–Crippen LogP) is 3.63. The van der Waals surface area contributed by atoms with Crippen molar-refractivity contribution in [2.75, 3.05) is 11.5 Å². The summed E-state index contributed by atoms with van der Waals surface area (Å²) in [6, 6.07) is 6.23. The Hall–Kier alpha value is -0.670. The first-order valence-corrected chi connectivity index (χ1v) is 7.11. The first kappa shape index (κ1) is 12.8. The molecule has 94 valence electrons. The number of thioether (sulfide) groups is 1. The molecular formula is C14H21NOS. The Labute approximate surface area is 108 Å². The molecule has 1 atom stereocenters. The van der Waals surface area contributed by atoms with E-state index in [0.29, 0.717) is 6.10 Å². The maximum Gasteiger partial charge on any atom is 0.0677 e. The van der Waals surface area contributed by atoms with Crippen LogP contribution in [0, 0.1) is 6.92 Å². The van der Waals surface area contributed by atoms with Crippen molar-refractivity contribution in [3.05, 3.63) is 23.8 Å². The average Bonchev–Trinajstić information content (AvgIpc) is 2.60. The SMILES string of the molecule is Cc1cc(SCC2CCC(C)(C)O2)ccc1N. The maximum absolute atomic E-state index is 5.98. The maximum atomic E-state index is 5.98. The summed E-state index contributed by atoms with van der Waals surface area (Å²) in [6.07, 6.45) is 2.74. The van der Waals surface area contributed by atoms with Gasteiger partial charge in [-0.1, -0.05) is 0 Å². The summed E-state index contributed by atoms with van der Waals surface area (Å²) in [5.74, 6) is 1.03. The quantitative estimate of drug-likeness (QED) is 0.658. The molecule has 1 aromatic rings. The van der Waals surface area contributed by atoms with E-state index in [9.17, 15) is 0 Å². The van der Waals surface area contributed by atoms with Gasteiger partial charge >= 0.3 is 0 Å². The van der Waals surface area contributed by atoms with Crippen LogP contribution < -0.4 is 5.73 Å². The van der Waals surface area contributed by atoms with E-state index in [1.165, 1.54) is 17.7 Å². The molecule has 2 N–H and O–H groups in total. The van der Waals surface area contributed by atoms with Crippen molar-refractivity contribution in [2.45, 2.75) is 50.2 Å². The highest BCUT2D eigenvalue weighted by molar-refractivity contribution is 7.99. The van der Waals surface area contributed by atoms with Gasteiger partial charge in [-0.2, -0.15) is 0 Å². The van der Waals surface area contributed by atoms with Gasteiger partial charge in [-0.05, 0) is 57.4 Å². The van der Waals surface area contributed by atoms with Crippen molar-refractivity contribution in [2.24, 2.45) is 0 Å². The van der Waals surface area contributed by atoms with Crippen molar-refractivity contribution in [1.82, 2.24) is 0 Å². The summed E-state index contributed by atoms with van der Waals surface area (Å²) in [4.78, 5) is 1.28. The molecule has 1 fully saturated rings. The molecule has 0 aliphatic carbocycles. The largest absolute Gasteiger partial charge is 0.399 e. The second-order valence-corrected chi connectivity index (χ2v) is 6.46. The molecule has 0 bridgehead atoms. The van der Waals surface area contributed by atoms with Gasteiger partial charge in [-0.15, -0.1) is 11.8 Å². The number of rotatable bonds is 3. The van der Waals surface area contributed by atoms with Gasteiger partial charge in [0.1, 0.15) is 0 Å². The van der Waals surface area contributed by atoms with E-state index in [0.717, 1.165) is 17.0 Å². The van der Waals surface area contributed by atoms with E-state index in [4.69, 9.17) is 10.5 Å². The van der Waals surface area contributed by atoms with Crippen LogP contribution in [0.25, 0.3) is 0 Å². The lowest BCUT2D eigenvalue weighted by Gasteiger charge is -2.19. The van der Waals surface area contributed by atoms with Gasteiger partial charge in [0.2, 0.25) is 0 Å². The Morgan fingerprint density at radius 2 is 2.24 bits per heavy atom. The lowest BCUT2D eigenvalue weighted by molar-refractivity contribution is -0.00466. The zero-order valence-electron chi connectivity index (χ0n) is 10.8. The van der Waals surface area contributed by atoms with Crippen LogP contribution in [-0.4, -0.2) is 17.5 Å². The van der Waals surface area contributed by atoms with Gasteiger partial charge in [-0.25, -0.2) is 0 Å². The van der Waals surface area contributed by atoms with Gasteiger partial charge < -0.3 is 10.5 Å². The molecule has 1 heterocycles. The zero-order chi connectivity index (χ0) is 12.5. The van der Waals surface area contributed by atoms with E-state index >= 15 is 0 Å². The van der Waals surface area contributed by atoms with Crippen molar-refractivity contribution >= 4 is 17.4 Å². The van der Waals surface area contributed by atoms with Gasteiger partial charge in [0.25, 0.3) is 0 Å². The lowest BCUT2D eigenvalue weighted by atomic mass is 10.1. The number of hydrogen-bond donors (Lipinski definition) is 1. The Bertz CT molecular complexity index is 403. The van der Waals surface area contributed by atoms with E-state index in [-0.39, 0.29) is 5.60 Å². The number of aryl methyl sites for hydroxylation is 1. The molecule has 1 saturated heterocycles. The minimum absolute atomic E-state index is 0.0717. The third-order valence-corrected chi connectivity index (χ3v) is 4.36. The molecule has 17 heavy (non-hydrogen) atoms. The minimum atomic E-state index is 0.0717. The molecule has 0 aromatic heterocycles. The Morgan fingerprint density at radius 3 is 2.82 bits per heavy atom. The van der Waals surface area contributed by atoms with Crippen LogP contribution in [0.5, 0.6) is 0 Å². The fourth-order valence-electron chi connectivity index (χ4n) is 2.12. The first-order chi connectivity index (χ1) is 7.96. The minimum Gasteiger partial charge on any atom is -0.399 e. The fraction of sp³-hybridized carbons (Fsp3) is 0.571. The van der Waals surface area contributed by atoms with E-state index < -0.39 is 0 Å². The average molecular weight is 251 g/mol. The molecule has 0 amide bonds. The van der Waals surface area contributed by atoms with Crippen molar-refractivity contribution in [3.8, 4) is 0 Å². The fourth-order valence-corrected chi connectivity index (χ4v) is 3.16. The smallest absolute Gasteiger partial charge is 0.0677 e. The molecule has 1 aromatic carbocycles. The Balaban J connectivity index is 1.88. The summed E-state index contributed by atoms with van der Waals surface area (Å²) < 4.78 is 5.98. The van der Waals surface area contributed by atoms with Gasteiger partial charge in [0.05, 0.1) is 11.7 Å². The third kappa shape index (κ3) is 3.39. The normalized spacial score (nSPS) is 22.9. The van der Waals surface area contributed by atoms with Crippen molar-refractivity contribution in [3.63, 3.8) is 0 Å². The monoisotopic (exact) mass is 251 g/mol. The van der Waals surface area contributed by atoms with Crippen LogP contribution in [0.1, 0.15) is 32.3 Å². The Kier molecular flexibility index (Phi) is 3.69. The van der Waals surface area contributed by atoms with E-state index in [1.54, 1.807) is 0 Å². The van der Waals surface area contributed by atoms with Crippen LogP contribution in [-0.2, 0) is 4.74 Å². The van der Waals surface area contributed by atoms with Gasteiger partial charge in [-0.3, -0.25) is 0 Å². The molecule has 3 heteroatoms. The van der Waals surface area contributed by atoms with Crippen molar-refractivity contribution < 1.29 is 4.74 Å². The highest BCUT2D eigenvalue weighted by atomic mass is 32.2. The third-order valence-electron chi connectivity index (χ3n) is 3.23. The van der Waals surface area contributed by atoms with Crippen LogP contribution in [0.2, 0.25) is 0 Å². The molecular weight excluding hydrogens is 230 g/mol. The standard InChI is InChI=1S/C14H21NOS/c1-10-8-12(4-5-13(10)15)17-9-11-6-7-14(2,3)16-11/h4-5,8,11H,6-7,9,15H2,1-3H3. The summed E-state index contributed by atoms with van der Waals surface area (Å²) in [7, 11) is 0. The molecule has 0 radical (unpaired) electrons. The molecule has 2 rings (SSSR count). The summed E-state index contributed by atoms with van der Waals surface area (Å²) in [5, 5.41) is 0. The van der Waals surface area contributed by atoms with Crippen LogP contribution in [0.15, 0.2) is 23.1 Å². The van der Waals surface area contributed by atoms with Crippen molar-refractivity contribution in [1.29, 1.82) is 0 Å². The summed E-state index contributed by atoms with van der Waals surface area (Å²) >= 11 is 1.86. The number of anilines is 1. The number of nitrogens with two attached hydrogens (primary N) is 1. The predicted molar refractivity (Wildman–Crippen MR) is 74.5 cm³/mol. The molecule has 1 unspecified atom stereocenters. The molecule has 0 saturated carbocycles. The topological polar surface area (TPSA) is 35.2 Å². The lowest BCUT2D eigenvalue weighted by Crippen LogP contribution is -2.21. The molecule has 1 aliphatic rings.